The van der Waals surface area contributed by atoms with E-state index in [9.17, 15) is 14.7 Å². The van der Waals surface area contributed by atoms with Gasteiger partial charge in [0.25, 0.3) is 6.01 Å². The molecule has 0 amide bonds. The number of benzene rings is 3. The number of para-hydroxylation sites is 1. The number of aliphatic carboxylic acids is 1. The molecule has 33 heavy (non-hydrogen) atoms. The molecule has 2 N–H and O–H groups in total. The van der Waals surface area contributed by atoms with E-state index in [2.05, 4.69) is 10.3 Å². The first-order valence-corrected chi connectivity index (χ1v) is 10.8. The molecule has 1 heterocycles. The van der Waals surface area contributed by atoms with Crippen LogP contribution in [-0.4, -0.2) is 21.8 Å². The molecule has 0 atom stereocenters. The fraction of sp³-hybridized carbons (Fsp3) is 0.222. The minimum absolute atomic E-state index is 0.0319. The zero-order valence-electron chi connectivity index (χ0n) is 18.9. The van der Waals surface area contributed by atoms with Gasteiger partial charge in [-0.3, -0.25) is 9.59 Å². The molecule has 1 aromatic heterocycles. The van der Waals surface area contributed by atoms with Crippen molar-refractivity contribution in [2.24, 2.45) is 5.41 Å². The average Bonchev–Trinajstić information content (AvgIpc) is 3.19. The van der Waals surface area contributed by atoms with Crippen molar-refractivity contribution in [3.05, 3.63) is 89.0 Å². The van der Waals surface area contributed by atoms with E-state index < -0.39 is 11.4 Å². The Morgan fingerprint density at radius 3 is 2.21 bits per heavy atom. The van der Waals surface area contributed by atoms with Crippen molar-refractivity contribution >= 4 is 34.6 Å². The van der Waals surface area contributed by atoms with Crippen LogP contribution < -0.4 is 5.32 Å². The van der Waals surface area contributed by atoms with E-state index in [0.29, 0.717) is 11.6 Å². The van der Waals surface area contributed by atoms with E-state index >= 15 is 0 Å². The zero-order chi connectivity index (χ0) is 23.6. The molecule has 0 aliphatic rings. The van der Waals surface area contributed by atoms with Crippen molar-refractivity contribution in [1.29, 1.82) is 0 Å². The summed E-state index contributed by atoms with van der Waals surface area (Å²) in [7, 11) is 0. The molecule has 0 unspecified atom stereocenters. The third-order valence-corrected chi connectivity index (χ3v) is 5.69. The normalized spacial score (nSPS) is 11.5. The molecule has 6 nitrogen and oxygen atoms in total. The molecule has 0 spiro atoms. The summed E-state index contributed by atoms with van der Waals surface area (Å²) in [6.45, 7) is 5.12. The number of aryl methyl sites for hydroxylation is 1. The van der Waals surface area contributed by atoms with E-state index in [1.165, 1.54) is 0 Å². The van der Waals surface area contributed by atoms with Crippen molar-refractivity contribution in [3.63, 3.8) is 0 Å². The number of carboxylic acids is 1. The topological polar surface area (TPSA) is 92.4 Å². The lowest BCUT2D eigenvalue weighted by atomic mass is 9.85. The number of aromatic nitrogens is 1. The fourth-order valence-corrected chi connectivity index (χ4v) is 3.59. The summed E-state index contributed by atoms with van der Waals surface area (Å²) in [6, 6.07) is 21.7. The van der Waals surface area contributed by atoms with E-state index in [4.69, 9.17) is 4.42 Å². The number of ketones is 1. The van der Waals surface area contributed by atoms with Crippen molar-refractivity contribution in [2.75, 3.05) is 5.32 Å². The summed E-state index contributed by atoms with van der Waals surface area (Å²) in [4.78, 5) is 28.2. The molecular formula is C27H26N2O4. The van der Waals surface area contributed by atoms with Gasteiger partial charge in [-0.05, 0) is 62.1 Å². The number of nitrogens with zero attached hydrogens (tertiary/aromatic N) is 1. The van der Waals surface area contributed by atoms with Crippen LogP contribution in [0, 0.1) is 12.3 Å². The van der Waals surface area contributed by atoms with Crippen LogP contribution in [0.25, 0.3) is 11.1 Å². The Morgan fingerprint density at radius 2 is 1.61 bits per heavy atom. The van der Waals surface area contributed by atoms with E-state index in [1.807, 2.05) is 61.5 Å². The molecule has 0 aliphatic heterocycles. The first-order chi connectivity index (χ1) is 15.7. The molecule has 0 radical (unpaired) electrons. The number of anilines is 2. The third kappa shape index (κ3) is 5.12. The summed E-state index contributed by atoms with van der Waals surface area (Å²) < 4.78 is 5.77. The van der Waals surface area contributed by atoms with E-state index in [0.717, 1.165) is 39.9 Å². The third-order valence-electron chi connectivity index (χ3n) is 5.69. The van der Waals surface area contributed by atoms with Gasteiger partial charge in [0.05, 0.1) is 5.41 Å². The molecule has 0 bridgehead atoms. The number of hydrogen-bond acceptors (Lipinski definition) is 5. The second-order valence-corrected chi connectivity index (χ2v) is 8.93. The van der Waals surface area contributed by atoms with E-state index in [1.54, 1.807) is 26.0 Å². The number of rotatable bonds is 8. The number of carbonyl (C=O) groups is 2. The van der Waals surface area contributed by atoms with Gasteiger partial charge in [0.1, 0.15) is 5.52 Å². The van der Waals surface area contributed by atoms with Gasteiger partial charge in [-0.1, -0.05) is 48.5 Å². The molecule has 0 saturated heterocycles. The Balaban J connectivity index is 1.39. The quantitative estimate of drug-likeness (QED) is 0.318. The van der Waals surface area contributed by atoms with Gasteiger partial charge < -0.3 is 14.8 Å². The highest BCUT2D eigenvalue weighted by molar-refractivity contribution is 5.98. The molecule has 0 saturated carbocycles. The molecular weight excluding hydrogens is 416 g/mol. The van der Waals surface area contributed by atoms with Crippen LogP contribution in [0.5, 0.6) is 0 Å². The number of Topliss-reactive ketones (excluding diaryl/α,β-unsaturated/α-hetero) is 1. The molecule has 0 fully saturated rings. The molecule has 3 aromatic carbocycles. The summed E-state index contributed by atoms with van der Waals surface area (Å²) in [6.07, 6.45) is 0.688. The number of carboxylic acid groups (broad SMARTS) is 1. The van der Waals surface area contributed by atoms with Crippen LogP contribution in [0.4, 0.5) is 11.7 Å². The Morgan fingerprint density at radius 1 is 0.970 bits per heavy atom. The number of nitrogens with one attached hydrogen (secondary N) is 1. The minimum Gasteiger partial charge on any atom is -0.481 e. The number of fused-ring (bicyclic) bond motifs is 1. The standard InChI is InChI=1S/C27H26N2O4/c1-17-5-4-6-23-24(17)29-26(33-23)28-21-13-9-19(10-14-21)15-18-7-11-20(12-8-18)22(30)16-27(2,3)25(31)32/h4-14H,15-16H2,1-3H3,(H,28,29)(H,31,32). The molecule has 6 heteroatoms. The van der Waals surface area contributed by atoms with Crippen LogP contribution in [0.15, 0.2) is 71.1 Å². The maximum atomic E-state index is 12.4. The van der Waals surface area contributed by atoms with Crippen molar-refractivity contribution in [2.45, 2.75) is 33.6 Å². The Labute approximate surface area is 192 Å². The first kappa shape index (κ1) is 22.3. The van der Waals surface area contributed by atoms with Gasteiger partial charge in [0.2, 0.25) is 0 Å². The van der Waals surface area contributed by atoms with Crippen LogP contribution in [-0.2, 0) is 11.2 Å². The van der Waals surface area contributed by atoms with Crippen molar-refractivity contribution in [3.8, 4) is 0 Å². The smallest absolute Gasteiger partial charge is 0.309 e. The van der Waals surface area contributed by atoms with Crippen LogP contribution in [0.1, 0.15) is 47.3 Å². The summed E-state index contributed by atoms with van der Waals surface area (Å²) in [5, 5.41) is 12.4. The van der Waals surface area contributed by atoms with Gasteiger partial charge in [-0.15, -0.1) is 0 Å². The lowest BCUT2D eigenvalue weighted by Crippen LogP contribution is -2.26. The number of hydrogen-bond donors (Lipinski definition) is 2. The van der Waals surface area contributed by atoms with Crippen molar-refractivity contribution < 1.29 is 19.1 Å². The van der Waals surface area contributed by atoms with Gasteiger partial charge in [-0.25, -0.2) is 0 Å². The van der Waals surface area contributed by atoms with Crippen molar-refractivity contribution in [1.82, 2.24) is 4.98 Å². The predicted octanol–water partition coefficient (Wildman–Crippen LogP) is 6.15. The highest BCUT2D eigenvalue weighted by atomic mass is 16.4. The predicted molar refractivity (Wildman–Crippen MR) is 128 cm³/mol. The second-order valence-electron chi connectivity index (χ2n) is 8.93. The zero-order valence-corrected chi connectivity index (χ0v) is 18.9. The largest absolute Gasteiger partial charge is 0.481 e. The van der Waals surface area contributed by atoms with Crippen LogP contribution in [0.2, 0.25) is 0 Å². The SMILES string of the molecule is Cc1cccc2oc(Nc3ccc(Cc4ccc(C(=O)CC(C)(C)C(=O)O)cc4)cc3)nc12. The first-order valence-electron chi connectivity index (χ1n) is 10.8. The molecule has 4 rings (SSSR count). The highest BCUT2D eigenvalue weighted by Crippen LogP contribution is 2.25. The van der Waals surface area contributed by atoms with Crippen LogP contribution in [0.3, 0.4) is 0 Å². The molecule has 0 aliphatic carbocycles. The van der Waals surface area contributed by atoms with Gasteiger partial charge >= 0.3 is 5.97 Å². The van der Waals surface area contributed by atoms with E-state index in [-0.39, 0.29) is 12.2 Å². The maximum absolute atomic E-state index is 12.4. The van der Waals surface area contributed by atoms with Crippen LogP contribution >= 0.6 is 0 Å². The lowest BCUT2D eigenvalue weighted by molar-refractivity contribution is -0.146. The molecule has 168 valence electrons. The Kier molecular flexibility index (Phi) is 6.01. The fourth-order valence-electron chi connectivity index (χ4n) is 3.59. The monoisotopic (exact) mass is 442 g/mol. The summed E-state index contributed by atoms with van der Waals surface area (Å²) in [5.41, 5.74) is 5.19. The number of oxazole rings is 1. The van der Waals surface area contributed by atoms with Gasteiger partial charge in [-0.2, -0.15) is 4.98 Å². The minimum atomic E-state index is -1.08. The molecule has 4 aromatic rings. The second kappa shape index (κ2) is 8.90. The number of carbonyl (C=O) groups excluding carboxylic acids is 1. The Hall–Kier alpha value is -3.93. The average molecular weight is 443 g/mol. The maximum Gasteiger partial charge on any atom is 0.309 e. The summed E-state index contributed by atoms with van der Waals surface area (Å²) in [5.74, 6) is -1.14. The highest BCUT2D eigenvalue weighted by Gasteiger charge is 2.30. The Bertz CT molecular complexity index is 1300. The lowest BCUT2D eigenvalue weighted by Gasteiger charge is -2.17. The summed E-state index contributed by atoms with van der Waals surface area (Å²) >= 11 is 0. The van der Waals surface area contributed by atoms with Gasteiger partial charge in [0.15, 0.2) is 11.4 Å². The van der Waals surface area contributed by atoms with Gasteiger partial charge in [0, 0.05) is 17.7 Å².